The van der Waals surface area contributed by atoms with Crippen molar-refractivity contribution in [1.29, 1.82) is 0 Å². The molecule has 2 aromatic rings. The number of aromatic nitrogens is 1. The zero-order valence-electron chi connectivity index (χ0n) is 11.7. The number of hydrogen-bond donors (Lipinski definition) is 1. The zero-order valence-corrected chi connectivity index (χ0v) is 12.5. The van der Waals surface area contributed by atoms with Gasteiger partial charge in [0, 0.05) is 23.1 Å². The number of nitrogens with one attached hydrogen (secondary N) is 1. The Hall–Kier alpha value is -1.79. The molecule has 0 spiro atoms. The fourth-order valence-corrected chi connectivity index (χ4v) is 3.22. The van der Waals surface area contributed by atoms with Crippen molar-refractivity contribution < 1.29 is 4.92 Å². The summed E-state index contributed by atoms with van der Waals surface area (Å²) in [5.74, 6) is 0. The highest BCUT2D eigenvalue weighted by molar-refractivity contribution is 7.11. The van der Waals surface area contributed by atoms with Crippen LogP contribution in [0.1, 0.15) is 27.2 Å². The van der Waals surface area contributed by atoms with Crippen LogP contribution in [0.5, 0.6) is 0 Å². The van der Waals surface area contributed by atoms with E-state index in [1.54, 1.807) is 23.5 Å². The summed E-state index contributed by atoms with van der Waals surface area (Å²) in [7, 11) is 1.92. The molecule has 0 saturated heterocycles. The number of non-ortho nitro benzene ring substituents is 1. The van der Waals surface area contributed by atoms with Crippen molar-refractivity contribution in [1.82, 2.24) is 10.3 Å². The van der Waals surface area contributed by atoms with Crippen LogP contribution in [-0.2, 0) is 6.42 Å². The van der Waals surface area contributed by atoms with Crippen molar-refractivity contribution in [2.75, 3.05) is 7.05 Å². The first-order chi connectivity index (χ1) is 9.51. The summed E-state index contributed by atoms with van der Waals surface area (Å²) < 4.78 is 0. The van der Waals surface area contributed by atoms with E-state index in [0.717, 1.165) is 22.7 Å². The molecule has 1 aromatic heterocycles. The molecule has 1 atom stereocenters. The van der Waals surface area contributed by atoms with Crippen LogP contribution in [-0.4, -0.2) is 17.0 Å². The molecule has 1 aromatic carbocycles. The SMILES string of the molecule is CNC(Cc1ccc([N+](=O)[O-])cc1)c1sc(C)nc1C. The molecule has 2 rings (SSSR count). The Bertz CT molecular complexity index is 607. The van der Waals surface area contributed by atoms with Gasteiger partial charge in [0.25, 0.3) is 5.69 Å². The molecule has 20 heavy (non-hydrogen) atoms. The van der Waals surface area contributed by atoms with Gasteiger partial charge in [-0.3, -0.25) is 10.1 Å². The van der Waals surface area contributed by atoms with E-state index >= 15 is 0 Å². The van der Waals surface area contributed by atoms with Gasteiger partial charge < -0.3 is 5.32 Å². The van der Waals surface area contributed by atoms with Gasteiger partial charge in [-0.05, 0) is 32.9 Å². The Morgan fingerprint density at radius 1 is 1.35 bits per heavy atom. The van der Waals surface area contributed by atoms with Crippen LogP contribution in [0.4, 0.5) is 5.69 Å². The lowest BCUT2D eigenvalue weighted by Crippen LogP contribution is -2.18. The van der Waals surface area contributed by atoms with Gasteiger partial charge in [0.05, 0.1) is 15.6 Å². The quantitative estimate of drug-likeness (QED) is 0.678. The van der Waals surface area contributed by atoms with E-state index < -0.39 is 0 Å². The second-order valence-corrected chi connectivity index (χ2v) is 5.89. The monoisotopic (exact) mass is 291 g/mol. The lowest BCUT2D eigenvalue weighted by Gasteiger charge is -2.15. The van der Waals surface area contributed by atoms with Crippen molar-refractivity contribution in [3.8, 4) is 0 Å². The van der Waals surface area contributed by atoms with Crippen LogP contribution < -0.4 is 5.32 Å². The highest BCUT2D eigenvalue weighted by Gasteiger charge is 2.16. The average molecular weight is 291 g/mol. The number of likely N-dealkylation sites (N-methyl/N-ethyl adjacent to an activating group) is 1. The van der Waals surface area contributed by atoms with E-state index in [1.165, 1.54) is 4.88 Å². The van der Waals surface area contributed by atoms with Crippen LogP contribution in [0, 0.1) is 24.0 Å². The maximum absolute atomic E-state index is 10.6. The molecule has 0 saturated carbocycles. The maximum Gasteiger partial charge on any atom is 0.269 e. The van der Waals surface area contributed by atoms with Crippen molar-refractivity contribution in [2.45, 2.75) is 26.3 Å². The third-order valence-corrected chi connectivity index (χ3v) is 4.38. The predicted molar refractivity (Wildman–Crippen MR) is 80.2 cm³/mol. The van der Waals surface area contributed by atoms with Crippen LogP contribution in [0.25, 0.3) is 0 Å². The lowest BCUT2D eigenvalue weighted by atomic mass is 10.0. The van der Waals surface area contributed by atoms with Crippen LogP contribution >= 0.6 is 11.3 Å². The highest BCUT2D eigenvalue weighted by Crippen LogP contribution is 2.27. The Morgan fingerprint density at radius 2 is 2.00 bits per heavy atom. The summed E-state index contributed by atoms with van der Waals surface area (Å²) in [5, 5.41) is 15.0. The molecule has 1 unspecified atom stereocenters. The first kappa shape index (κ1) is 14.6. The Kier molecular flexibility index (Phi) is 4.46. The van der Waals surface area contributed by atoms with Gasteiger partial charge >= 0.3 is 0 Å². The third-order valence-electron chi connectivity index (χ3n) is 3.19. The summed E-state index contributed by atoms with van der Waals surface area (Å²) >= 11 is 1.69. The number of nitro benzene ring substituents is 1. The molecule has 0 aliphatic carbocycles. The molecule has 1 heterocycles. The minimum absolute atomic E-state index is 0.125. The number of benzene rings is 1. The van der Waals surface area contributed by atoms with E-state index in [4.69, 9.17) is 0 Å². The number of nitrogens with zero attached hydrogens (tertiary/aromatic N) is 2. The Balaban J connectivity index is 2.18. The van der Waals surface area contributed by atoms with Gasteiger partial charge in [-0.15, -0.1) is 11.3 Å². The van der Waals surface area contributed by atoms with Gasteiger partial charge in [-0.2, -0.15) is 0 Å². The van der Waals surface area contributed by atoms with Crippen LogP contribution in [0.15, 0.2) is 24.3 Å². The molecular formula is C14H17N3O2S. The molecule has 0 aliphatic rings. The summed E-state index contributed by atoms with van der Waals surface area (Å²) in [4.78, 5) is 15.9. The normalized spacial score (nSPS) is 12.3. The number of thiazole rings is 1. The topological polar surface area (TPSA) is 68.1 Å². The Labute approximate surface area is 121 Å². The van der Waals surface area contributed by atoms with E-state index in [1.807, 2.05) is 33.0 Å². The smallest absolute Gasteiger partial charge is 0.269 e. The molecule has 0 radical (unpaired) electrons. The van der Waals surface area contributed by atoms with Gasteiger partial charge in [-0.25, -0.2) is 4.98 Å². The molecular weight excluding hydrogens is 274 g/mol. The number of hydrogen-bond acceptors (Lipinski definition) is 5. The largest absolute Gasteiger partial charge is 0.312 e. The summed E-state index contributed by atoms with van der Waals surface area (Å²) in [6, 6.07) is 6.90. The van der Waals surface area contributed by atoms with Crippen molar-refractivity contribution >= 4 is 17.0 Å². The van der Waals surface area contributed by atoms with E-state index in [0.29, 0.717) is 0 Å². The van der Waals surface area contributed by atoms with Crippen molar-refractivity contribution in [2.24, 2.45) is 0 Å². The van der Waals surface area contributed by atoms with E-state index in [-0.39, 0.29) is 16.7 Å². The fourth-order valence-electron chi connectivity index (χ4n) is 2.19. The Morgan fingerprint density at radius 3 is 2.45 bits per heavy atom. The molecule has 0 fully saturated rings. The predicted octanol–water partition coefficient (Wildman–Crippen LogP) is 3.17. The minimum atomic E-state index is -0.379. The fraction of sp³-hybridized carbons (Fsp3) is 0.357. The van der Waals surface area contributed by atoms with Crippen molar-refractivity contribution in [3.05, 3.63) is 55.5 Å². The first-order valence-electron chi connectivity index (χ1n) is 6.35. The van der Waals surface area contributed by atoms with Crippen molar-refractivity contribution in [3.63, 3.8) is 0 Å². The number of aryl methyl sites for hydroxylation is 2. The van der Waals surface area contributed by atoms with E-state index in [2.05, 4.69) is 10.3 Å². The van der Waals surface area contributed by atoms with Gasteiger partial charge in [-0.1, -0.05) is 12.1 Å². The minimum Gasteiger partial charge on any atom is -0.312 e. The second-order valence-electron chi connectivity index (χ2n) is 4.65. The average Bonchev–Trinajstić information content (AvgIpc) is 2.75. The maximum atomic E-state index is 10.6. The first-order valence-corrected chi connectivity index (χ1v) is 7.17. The standard InChI is InChI=1S/C14H17N3O2S/c1-9-14(20-10(2)16-9)13(15-3)8-11-4-6-12(7-5-11)17(18)19/h4-7,13,15H,8H2,1-3H3. The molecule has 1 N–H and O–H groups in total. The summed E-state index contributed by atoms with van der Waals surface area (Å²) in [6.07, 6.45) is 0.789. The number of nitro groups is 1. The molecule has 5 nitrogen and oxygen atoms in total. The zero-order chi connectivity index (χ0) is 14.7. The molecule has 6 heteroatoms. The van der Waals surface area contributed by atoms with Crippen LogP contribution in [0.3, 0.4) is 0 Å². The molecule has 106 valence electrons. The molecule has 0 amide bonds. The third kappa shape index (κ3) is 3.20. The van der Waals surface area contributed by atoms with Gasteiger partial charge in [0.15, 0.2) is 0 Å². The van der Waals surface area contributed by atoms with Gasteiger partial charge in [0.2, 0.25) is 0 Å². The molecule has 0 bridgehead atoms. The number of rotatable bonds is 5. The van der Waals surface area contributed by atoms with Crippen LogP contribution in [0.2, 0.25) is 0 Å². The second kappa shape index (κ2) is 6.11. The van der Waals surface area contributed by atoms with E-state index in [9.17, 15) is 10.1 Å². The lowest BCUT2D eigenvalue weighted by molar-refractivity contribution is -0.384. The summed E-state index contributed by atoms with van der Waals surface area (Å²) in [6.45, 7) is 4.01. The van der Waals surface area contributed by atoms with Gasteiger partial charge in [0.1, 0.15) is 0 Å². The molecule has 0 aliphatic heterocycles. The summed E-state index contributed by atoms with van der Waals surface area (Å²) in [5.41, 5.74) is 2.24. The highest BCUT2D eigenvalue weighted by atomic mass is 32.1.